The molecule has 1 N–H and O–H groups in total. The first kappa shape index (κ1) is 11.5. The number of fused-ring (bicyclic) bond motifs is 1. The number of aromatic nitrogens is 1. The molecular weight excluding hydrogens is 278 g/mol. The second-order valence-electron chi connectivity index (χ2n) is 5.13. The largest absolute Gasteiger partial charge is 0.365 e. The molecule has 3 rings (SSSR count). The van der Waals surface area contributed by atoms with Gasteiger partial charge in [0.1, 0.15) is 5.82 Å². The highest BCUT2D eigenvalue weighted by Crippen LogP contribution is 2.31. The van der Waals surface area contributed by atoms with Gasteiger partial charge in [-0.1, -0.05) is 0 Å². The van der Waals surface area contributed by atoms with Gasteiger partial charge in [0.25, 0.3) is 0 Å². The number of rotatable bonds is 2. The minimum Gasteiger partial charge on any atom is -0.365 e. The van der Waals surface area contributed by atoms with Gasteiger partial charge < -0.3 is 5.32 Å². The van der Waals surface area contributed by atoms with E-state index in [1.165, 1.54) is 37.9 Å². The third-order valence-electron chi connectivity index (χ3n) is 3.91. The summed E-state index contributed by atoms with van der Waals surface area (Å²) in [7, 11) is 0. The zero-order valence-electron chi connectivity index (χ0n) is 10.1. The monoisotopic (exact) mass is 295 g/mol. The van der Waals surface area contributed by atoms with Crippen molar-refractivity contribution in [2.75, 3.05) is 18.4 Å². The maximum atomic E-state index is 4.48. The Morgan fingerprint density at radius 1 is 1.41 bits per heavy atom. The van der Waals surface area contributed by atoms with Gasteiger partial charge in [0.05, 0.1) is 4.47 Å². The molecule has 0 amide bonds. The number of nitrogens with zero attached hydrogens (tertiary/aromatic N) is 2. The van der Waals surface area contributed by atoms with Crippen LogP contribution < -0.4 is 5.32 Å². The van der Waals surface area contributed by atoms with Crippen molar-refractivity contribution in [3.8, 4) is 0 Å². The minimum atomic E-state index is 0.573. The molecule has 1 aromatic rings. The SMILES string of the molecule is Cc1cnc(NC2CCN3CCCC23)c(Br)c1. The van der Waals surface area contributed by atoms with Crippen LogP contribution in [0.5, 0.6) is 0 Å². The van der Waals surface area contributed by atoms with Crippen molar-refractivity contribution < 1.29 is 0 Å². The average Bonchev–Trinajstić information content (AvgIpc) is 2.86. The third-order valence-corrected chi connectivity index (χ3v) is 4.51. The second kappa shape index (κ2) is 4.58. The summed E-state index contributed by atoms with van der Waals surface area (Å²) < 4.78 is 1.08. The van der Waals surface area contributed by atoms with Crippen molar-refractivity contribution in [2.45, 2.75) is 38.3 Å². The zero-order chi connectivity index (χ0) is 11.8. The van der Waals surface area contributed by atoms with Crippen molar-refractivity contribution in [3.05, 3.63) is 22.3 Å². The molecular formula is C13H18BrN3. The number of pyridine rings is 1. The van der Waals surface area contributed by atoms with Crippen LogP contribution in [0.1, 0.15) is 24.8 Å². The van der Waals surface area contributed by atoms with E-state index in [-0.39, 0.29) is 0 Å². The van der Waals surface area contributed by atoms with Crippen molar-refractivity contribution in [1.82, 2.24) is 9.88 Å². The first-order valence-electron chi connectivity index (χ1n) is 6.37. The van der Waals surface area contributed by atoms with Crippen molar-refractivity contribution in [1.29, 1.82) is 0 Å². The molecule has 3 nitrogen and oxygen atoms in total. The highest BCUT2D eigenvalue weighted by molar-refractivity contribution is 9.10. The lowest BCUT2D eigenvalue weighted by molar-refractivity contribution is 0.318. The first-order valence-corrected chi connectivity index (χ1v) is 7.16. The van der Waals surface area contributed by atoms with Gasteiger partial charge in [0.2, 0.25) is 0 Å². The van der Waals surface area contributed by atoms with Crippen molar-refractivity contribution in [2.24, 2.45) is 0 Å². The van der Waals surface area contributed by atoms with Crippen molar-refractivity contribution in [3.63, 3.8) is 0 Å². The molecule has 0 spiro atoms. The molecule has 2 saturated heterocycles. The molecule has 0 aromatic carbocycles. The van der Waals surface area contributed by atoms with Gasteiger partial charge in [-0.25, -0.2) is 4.98 Å². The zero-order valence-corrected chi connectivity index (χ0v) is 11.7. The smallest absolute Gasteiger partial charge is 0.140 e. The number of hydrogen-bond acceptors (Lipinski definition) is 3. The van der Waals surface area contributed by atoms with E-state index in [1.807, 2.05) is 6.20 Å². The van der Waals surface area contributed by atoms with E-state index in [0.717, 1.165) is 16.3 Å². The number of halogens is 1. The van der Waals surface area contributed by atoms with E-state index >= 15 is 0 Å². The Morgan fingerprint density at radius 2 is 2.29 bits per heavy atom. The number of nitrogens with one attached hydrogen (secondary N) is 1. The Morgan fingerprint density at radius 3 is 3.12 bits per heavy atom. The summed E-state index contributed by atoms with van der Waals surface area (Å²) in [5.74, 6) is 0.995. The van der Waals surface area contributed by atoms with Crippen LogP contribution >= 0.6 is 15.9 Å². The molecule has 2 aliphatic heterocycles. The van der Waals surface area contributed by atoms with E-state index in [1.54, 1.807) is 0 Å². The molecule has 2 unspecified atom stereocenters. The average molecular weight is 296 g/mol. The van der Waals surface area contributed by atoms with E-state index in [4.69, 9.17) is 0 Å². The number of aryl methyl sites for hydroxylation is 1. The van der Waals surface area contributed by atoms with Crippen LogP contribution in [0.15, 0.2) is 16.7 Å². The predicted molar refractivity (Wildman–Crippen MR) is 73.3 cm³/mol. The van der Waals surface area contributed by atoms with Crippen LogP contribution in [0.2, 0.25) is 0 Å². The molecule has 3 heterocycles. The van der Waals surface area contributed by atoms with Crippen LogP contribution in [0.3, 0.4) is 0 Å². The van der Waals surface area contributed by atoms with Gasteiger partial charge in [-0.3, -0.25) is 4.90 Å². The molecule has 0 radical (unpaired) electrons. The normalized spacial score (nSPS) is 28.4. The molecule has 0 saturated carbocycles. The Balaban J connectivity index is 1.74. The Kier molecular flexibility index (Phi) is 3.09. The summed E-state index contributed by atoms with van der Waals surface area (Å²) >= 11 is 3.59. The summed E-state index contributed by atoms with van der Waals surface area (Å²) in [6.07, 6.45) is 5.85. The minimum absolute atomic E-state index is 0.573. The summed E-state index contributed by atoms with van der Waals surface area (Å²) in [6, 6.07) is 3.42. The second-order valence-corrected chi connectivity index (χ2v) is 5.98. The Bertz CT molecular complexity index is 421. The fraction of sp³-hybridized carbons (Fsp3) is 0.615. The van der Waals surface area contributed by atoms with E-state index < -0.39 is 0 Å². The quantitative estimate of drug-likeness (QED) is 0.909. The lowest BCUT2D eigenvalue weighted by Crippen LogP contribution is -2.34. The van der Waals surface area contributed by atoms with Gasteiger partial charge in [-0.2, -0.15) is 0 Å². The highest BCUT2D eigenvalue weighted by Gasteiger charge is 2.37. The van der Waals surface area contributed by atoms with Gasteiger partial charge >= 0.3 is 0 Å². The van der Waals surface area contributed by atoms with Crippen LogP contribution in [-0.2, 0) is 0 Å². The van der Waals surface area contributed by atoms with Crippen molar-refractivity contribution >= 4 is 21.7 Å². The van der Waals surface area contributed by atoms with Crippen LogP contribution in [0.4, 0.5) is 5.82 Å². The number of hydrogen-bond donors (Lipinski definition) is 1. The Labute approximate surface area is 111 Å². The first-order chi connectivity index (χ1) is 8.24. The van der Waals surface area contributed by atoms with Gasteiger partial charge in [0, 0.05) is 24.8 Å². The number of anilines is 1. The maximum absolute atomic E-state index is 4.48. The standard InChI is InChI=1S/C13H18BrN3/c1-9-7-10(14)13(15-8-9)16-11-4-6-17-5-2-3-12(11)17/h7-8,11-12H,2-6H2,1H3,(H,15,16). The summed E-state index contributed by atoms with van der Waals surface area (Å²) in [4.78, 5) is 7.09. The molecule has 92 valence electrons. The van der Waals surface area contributed by atoms with Gasteiger partial charge in [-0.15, -0.1) is 0 Å². The fourth-order valence-electron chi connectivity index (χ4n) is 3.07. The molecule has 1 aromatic heterocycles. The maximum Gasteiger partial charge on any atom is 0.140 e. The lowest BCUT2D eigenvalue weighted by atomic mass is 10.1. The molecule has 2 fully saturated rings. The third kappa shape index (κ3) is 2.20. The highest BCUT2D eigenvalue weighted by atomic mass is 79.9. The van der Waals surface area contributed by atoms with Crippen LogP contribution in [0, 0.1) is 6.92 Å². The molecule has 2 aliphatic rings. The molecule has 0 bridgehead atoms. The summed E-state index contributed by atoms with van der Waals surface area (Å²) in [5.41, 5.74) is 1.19. The van der Waals surface area contributed by atoms with E-state index in [2.05, 4.69) is 44.1 Å². The van der Waals surface area contributed by atoms with Gasteiger partial charge in [0.15, 0.2) is 0 Å². The van der Waals surface area contributed by atoms with E-state index in [9.17, 15) is 0 Å². The molecule has 2 atom stereocenters. The molecule has 17 heavy (non-hydrogen) atoms. The molecule has 4 heteroatoms. The lowest BCUT2D eigenvalue weighted by Gasteiger charge is -2.22. The topological polar surface area (TPSA) is 28.2 Å². The molecule has 0 aliphatic carbocycles. The summed E-state index contributed by atoms with van der Waals surface area (Å²) in [6.45, 7) is 4.59. The van der Waals surface area contributed by atoms with E-state index in [0.29, 0.717) is 6.04 Å². The van der Waals surface area contributed by atoms with Crippen LogP contribution in [-0.4, -0.2) is 35.1 Å². The fourth-order valence-corrected chi connectivity index (χ4v) is 3.64. The van der Waals surface area contributed by atoms with Gasteiger partial charge in [-0.05, 0) is 60.3 Å². The predicted octanol–water partition coefficient (Wildman–Crippen LogP) is 2.80. The van der Waals surface area contributed by atoms with Crippen LogP contribution in [0.25, 0.3) is 0 Å². The summed E-state index contributed by atoms with van der Waals surface area (Å²) in [5, 5.41) is 3.61. The Hall–Kier alpha value is -0.610.